The Balaban J connectivity index is 0.000000121. The molecular formula is C16H12N4. The molecule has 0 aliphatic heterocycles. The van der Waals surface area contributed by atoms with Crippen molar-refractivity contribution in [2.75, 3.05) is 0 Å². The summed E-state index contributed by atoms with van der Waals surface area (Å²) in [4.78, 5) is 16.1. The third-order valence-electron chi connectivity index (χ3n) is 2.79. The number of nitrogens with zero attached hydrogens (tertiary/aromatic N) is 4. The molecule has 0 aliphatic rings. The van der Waals surface area contributed by atoms with Gasteiger partial charge in [-0.3, -0.25) is 9.97 Å². The van der Waals surface area contributed by atoms with Crippen LogP contribution in [0.4, 0.5) is 0 Å². The molecule has 3 aromatic heterocycles. The second kappa shape index (κ2) is 5.84. The van der Waals surface area contributed by atoms with Crippen LogP contribution in [0, 0.1) is 0 Å². The highest BCUT2D eigenvalue weighted by Crippen LogP contribution is 2.07. The van der Waals surface area contributed by atoms with E-state index in [1.807, 2.05) is 42.6 Å². The minimum atomic E-state index is 0.838. The summed E-state index contributed by atoms with van der Waals surface area (Å²) in [5, 5.41) is 1.20. The molecule has 4 heteroatoms. The second-order valence-corrected chi connectivity index (χ2v) is 4.13. The van der Waals surface area contributed by atoms with Gasteiger partial charge in [0, 0.05) is 17.8 Å². The molecule has 0 unspecified atom stereocenters. The summed E-state index contributed by atoms with van der Waals surface area (Å²) in [6.45, 7) is 0. The van der Waals surface area contributed by atoms with Crippen molar-refractivity contribution < 1.29 is 0 Å². The van der Waals surface area contributed by atoms with Gasteiger partial charge in [-0.2, -0.15) is 0 Å². The van der Waals surface area contributed by atoms with Gasteiger partial charge in [0.2, 0.25) is 0 Å². The van der Waals surface area contributed by atoms with Gasteiger partial charge in [0.1, 0.15) is 11.8 Å². The largest absolute Gasteiger partial charge is 0.256 e. The molecule has 96 valence electrons. The zero-order chi connectivity index (χ0) is 13.6. The van der Waals surface area contributed by atoms with E-state index in [0.29, 0.717) is 0 Å². The van der Waals surface area contributed by atoms with E-state index in [1.54, 1.807) is 12.4 Å². The molecule has 4 aromatic rings. The van der Waals surface area contributed by atoms with Gasteiger partial charge >= 0.3 is 0 Å². The molecule has 0 fully saturated rings. The molecule has 0 atom stereocenters. The van der Waals surface area contributed by atoms with Crippen molar-refractivity contribution in [1.29, 1.82) is 0 Å². The molecule has 20 heavy (non-hydrogen) atoms. The van der Waals surface area contributed by atoms with E-state index in [2.05, 4.69) is 32.1 Å². The van der Waals surface area contributed by atoms with E-state index in [0.717, 1.165) is 16.6 Å². The molecule has 0 N–H and O–H groups in total. The average Bonchev–Trinajstić information content (AvgIpc) is 2.56. The highest BCUT2D eigenvalue weighted by molar-refractivity contribution is 5.77. The van der Waals surface area contributed by atoms with Crippen molar-refractivity contribution in [3.8, 4) is 0 Å². The number of pyridine rings is 2. The van der Waals surface area contributed by atoms with Crippen molar-refractivity contribution >= 4 is 21.9 Å². The summed E-state index contributed by atoms with van der Waals surface area (Å²) in [5.41, 5.74) is 2.78. The van der Waals surface area contributed by atoms with E-state index >= 15 is 0 Å². The van der Waals surface area contributed by atoms with Crippen LogP contribution >= 0.6 is 0 Å². The van der Waals surface area contributed by atoms with Crippen LogP contribution in [-0.2, 0) is 0 Å². The van der Waals surface area contributed by atoms with Crippen molar-refractivity contribution in [2.45, 2.75) is 0 Å². The minimum absolute atomic E-state index is 0.838. The Labute approximate surface area is 116 Å². The van der Waals surface area contributed by atoms with Crippen molar-refractivity contribution in [2.24, 2.45) is 0 Å². The first-order chi connectivity index (χ1) is 9.93. The van der Waals surface area contributed by atoms with Gasteiger partial charge in [-0.15, -0.1) is 0 Å². The van der Waals surface area contributed by atoms with Crippen LogP contribution in [0.15, 0.2) is 73.4 Å². The first-order valence-electron chi connectivity index (χ1n) is 6.24. The Bertz CT molecular complexity index is 628. The Morgan fingerprint density at radius 3 is 2.15 bits per heavy atom. The quantitative estimate of drug-likeness (QED) is 0.487. The topological polar surface area (TPSA) is 51.6 Å². The van der Waals surface area contributed by atoms with Gasteiger partial charge in [-0.05, 0) is 24.3 Å². The highest BCUT2D eigenvalue weighted by atomic mass is 14.8. The lowest BCUT2D eigenvalue weighted by atomic mass is 10.2. The maximum Gasteiger partial charge on any atom is 0.116 e. The Morgan fingerprint density at radius 1 is 0.600 bits per heavy atom. The van der Waals surface area contributed by atoms with Gasteiger partial charge in [0.25, 0.3) is 0 Å². The molecular weight excluding hydrogens is 248 g/mol. The molecule has 0 amide bonds. The van der Waals surface area contributed by atoms with Gasteiger partial charge in [-0.1, -0.05) is 24.3 Å². The lowest BCUT2D eigenvalue weighted by Gasteiger charge is -1.91. The predicted octanol–water partition coefficient (Wildman–Crippen LogP) is 3.26. The van der Waals surface area contributed by atoms with Gasteiger partial charge in [0.15, 0.2) is 0 Å². The monoisotopic (exact) mass is 260 g/mol. The third kappa shape index (κ3) is 2.75. The summed E-state index contributed by atoms with van der Waals surface area (Å²) in [7, 11) is 0. The van der Waals surface area contributed by atoms with Crippen LogP contribution in [0.2, 0.25) is 0 Å². The van der Waals surface area contributed by atoms with Crippen LogP contribution in [0.1, 0.15) is 0 Å². The Kier molecular flexibility index (Phi) is 3.55. The Morgan fingerprint density at radius 2 is 1.30 bits per heavy atom. The average molecular weight is 260 g/mol. The zero-order valence-electron chi connectivity index (χ0n) is 10.7. The van der Waals surface area contributed by atoms with Gasteiger partial charge in [0.05, 0.1) is 17.2 Å². The fourth-order valence-electron chi connectivity index (χ4n) is 1.83. The lowest BCUT2D eigenvalue weighted by Crippen LogP contribution is -1.81. The normalized spacial score (nSPS) is 10.0. The molecule has 0 radical (unpaired) electrons. The molecule has 1 aromatic carbocycles. The van der Waals surface area contributed by atoms with Crippen LogP contribution in [0.3, 0.4) is 0 Å². The summed E-state index contributed by atoms with van der Waals surface area (Å²) in [6, 6.07) is 15.8. The van der Waals surface area contributed by atoms with Gasteiger partial charge < -0.3 is 0 Å². The Hall–Kier alpha value is -2.88. The molecule has 0 aliphatic carbocycles. The molecule has 4 rings (SSSR count). The molecule has 0 saturated heterocycles. The minimum Gasteiger partial charge on any atom is -0.256 e. The number of hydrogen-bond acceptors (Lipinski definition) is 4. The second-order valence-electron chi connectivity index (χ2n) is 4.13. The van der Waals surface area contributed by atoms with Gasteiger partial charge in [-0.25, -0.2) is 9.97 Å². The van der Waals surface area contributed by atoms with E-state index in [4.69, 9.17) is 0 Å². The van der Waals surface area contributed by atoms with Crippen LogP contribution in [0.5, 0.6) is 0 Å². The molecule has 3 heterocycles. The first kappa shape index (κ1) is 12.2. The number of hydrogen-bond donors (Lipinski definition) is 0. The van der Waals surface area contributed by atoms with Crippen LogP contribution < -0.4 is 0 Å². The number of benzene rings is 1. The predicted molar refractivity (Wildman–Crippen MR) is 79.1 cm³/mol. The maximum absolute atomic E-state index is 4.18. The molecule has 0 bridgehead atoms. The fraction of sp³-hybridized carbons (Fsp3) is 0. The number of fused-ring (bicyclic) bond motifs is 2. The van der Waals surface area contributed by atoms with Crippen LogP contribution in [-0.4, -0.2) is 19.9 Å². The van der Waals surface area contributed by atoms with Crippen LogP contribution in [0.25, 0.3) is 21.9 Å². The highest BCUT2D eigenvalue weighted by Gasteiger charge is 1.89. The zero-order valence-corrected chi connectivity index (χ0v) is 10.7. The molecule has 4 nitrogen and oxygen atoms in total. The first-order valence-corrected chi connectivity index (χ1v) is 6.24. The van der Waals surface area contributed by atoms with Crippen molar-refractivity contribution in [3.05, 3.63) is 73.4 Å². The summed E-state index contributed by atoms with van der Waals surface area (Å²) >= 11 is 0. The number of aromatic nitrogens is 4. The summed E-state index contributed by atoms with van der Waals surface area (Å²) in [6.07, 6.45) is 6.75. The smallest absolute Gasteiger partial charge is 0.116 e. The summed E-state index contributed by atoms with van der Waals surface area (Å²) in [5.74, 6) is 0. The SMILES string of the molecule is c1ccc2ncccc2c1.c1cnc2cncnc2c1. The van der Waals surface area contributed by atoms with E-state index in [9.17, 15) is 0 Å². The number of rotatable bonds is 0. The molecule has 0 spiro atoms. The van der Waals surface area contributed by atoms with E-state index in [1.165, 1.54) is 11.7 Å². The maximum atomic E-state index is 4.18. The summed E-state index contributed by atoms with van der Waals surface area (Å²) < 4.78 is 0. The standard InChI is InChI=1S/C9H7N.C7H5N3/c1-2-6-9-8(4-1)5-3-7-10-9;1-2-6-7(9-3-1)4-8-5-10-6/h1-7H;1-5H. The van der Waals surface area contributed by atoms with Crippen molar-refractivity contribution in [3.63, 3.8) is 0 Å². The fourth-order valence-corrected chi connectivity index (χ4v) is 1.83. The van der Waals surface area contributed by atoms with E-state index < -0.39 is 0 Å². The van der Waals surface area contributed by atoms with Crippen molar-refractivity contribution in [1.82, 2.24) is 19.9 Å². The number of para-hydroxylation sites is 1. The third-order valence-corrected chi connectivity index (χ3v) is 2.79. The molecule has 0 saturated carbocycles. The van der Waals surface area contributed by atoms with E-state index in [-0.39, 0.29) is 0 Å². The lowest BCUT2D eigenvalue weighted by molar-refractivity contribution is 1.20.